The molecule has 0 aromatic rings. The molecule has 0 heterocycles. The maximum absolute atomic E-state index is 12.9. The molecule has 3 N–H and O–H groups in total. The highest BCUT2D eigenvalue weighted by molar-refractivity contribution is 7.47. The Morgan fingerprint density at radius 1 is 0.547 bits per heavy atom. The molecule has 0 aliphatic heterocycles. The normalized spacial score (nSPS) is 14.9. The molecule has 0 bridgehead atoms. The Kier molecular flexibility index (Phi) is 43.7. The molecule has 0 saturated heterocycles. The second kappa shape index (κ2) is 45.6. The van der Waals surface area contributed by atoms with Gasteiger partial charge in [-0.25, -0.2) is 4.57 Å². The first-order valence-electron chi connectivity index (χ1n) is 25.6. The Labute approximate surface area is 394 Å². The zero-order valence-corrected chi connectivity index (χ0v) is 42.6. The molecule has 0 spiro atoms. The van der Waals surface area contributed by atoms with Gasteiger partial charge in [-0.15, -0.1) is 0 Å². The van der Waals surface area contributed by atoms with Gasteiger partial charge in [-0.2, -0.15) is 0 Å². The fraction of sp³-hybridized carbons (Fsp3) is 0.691. The molecule has 0 rings (SSSR count). The smallest absolute Gasteiger partial charge is 0.387 e. The van der Waals surface area contributed by atoms with Crippen LogP contribution in [0.4, 0.5) is 0 Å². The van der Waals surface area contributed by atoms with E-state index in [1.807, 2.05) is 27.2 Å². The number of rotatable bonds is 45. The number of hydrogen-bond acceptors (Lipinski definition) is 5. The van der Waals surface area contributed by atoms with Crippen LogP contribution >= 0.6 is 7.82 Å². The minimum absolute atomic E-state index is 0.0541. The zero-order chi connectivity index (χ0) is 47.1. The van der Waals surface area contributed by atoms with Crippen LogP contribution in [0.5, 0.6) is 0 Å². The molecule has 0 aliphatic rings. The Morgan fingerprint density at radius 3 is 1.38 bits per heavy atom. The van der Waals surface area contributed by atoms with Crippen LogP contribution in [0.2, 0.25) is 0 Å². The molecular formula is C55H98N2O6P+. The van der Waals surface area contributed by atoms with Gasteiger partial charge in [0.15, 0.2) is 0 Å². The molecule has 368 valence electrons. The van der Waals surface area contributed by atoms with Crippen molar-refractivity contribution in [3.05, 3.63) is 97.2 Å². The topological polar surface area (TPSA) is 105 Å². The predicted molar refractivity (Wildman–Crippen MR) is 276 cm³/mol. The molecule has 0 radical (unpaired) electrons. The Balaban J connectivity index is 4.28. The number of carbonyl (C=O) groups excluding carboxylic acids is 1. The van der Waals surface area contributed by atoms with E-state index >= 15 is 0 Å². The molecule has 0 saturated carbocycles. The van der Waals surface area contributed by atoms with E-state index in [2.05, 4.69) is 104 Å². The fourth-order valence-corrected chi connectivity index (χ4v) is 7.52. The van der Waals surface area contributed by atoms with E-state index in [1.165, 1.54) is 77.0 Å². The molecule has 0 aromatic carbocycles. The number of quaternary nitrogens is 1. The van der Waals surface area contributed by atoms with Crippen molar-refractivity contribution in [2.75, 3.05) is 40.9 Å². The number of allylic oxidation sites excluding steroid dienone is 15. The average Bonchev–Trinajstić information content (AvgIpc) is 3.25. The van der Waals surface area contributed by atoms with Crippen LogP contribution < -0.4 is 5.32 Å². The summed E-state index contributed by atoms with van der Waals surface area (Å²) in [6, 6.07) is -0.858. The number of carbonyl (C=O) groups is 1. The molecular weight excluding hydrogens is 816 g/mol. The third kappa shape index (κ3) is 47.4. The number of aliphatic hydroxyl groups excluding tert-OH is 1. The summed E-state index contributed by atoms with van der Waals surface area (Å²) in [6.07, 6.45) is 64.8. The van der Waals surface area contributed by atoms with Gasteiger partial charge >= 0.3 is 7.82 Å². The summed E-state index contributed by atoms with van der Waals surface area (Å²) < 4.78 is 23.6. The van der Waals surface area contributed by atoms with Gasteiger partial charge < -0.3 is 19.8 Å². The summed E-state index contributed by atoms with van der Waals surface area (Å²) in [5.41, 5.74) is 0. The number of hydrogen-bond donors (Lipinski definition) is 3. The van der Waals surface area contributed by atoms with E-state index in [0.29, 0.717) is 17.4 Å². The van der Waals surface area contributed by atoms with Crippen molar-refractivity contribution < 1.29 is 32.9 Å². The number of phosphoric ester groups is 1. The maximum Gasteiger partial charge on any atom is 0.472 e. The Morgan fingerprint density at radius 2 is 0.938 bits per heavy atom. The number of nitrogens with zero attached hydrogens (tertiary/aromatic N) is 1. The molecule has 1 amide bonds. The molecule has 3 atom stereocenters. The first kappa shape index (κ1) is 61.4. The van der Waals surface area contributed by atoms with Crippen molar-refractivity contribution in [1.82, 2.24) is 5.32 Å². The van der Waals surface area contributed by atoms with E-state index in [9.17, 15) is 19.4 Å². The minimum atomic E-state index is -4.35. The highest BCUT2D eigenvalue weighted by Crippen LogP contribution is 2.43. The number of likely N-dealkylation sites (N-methyl/N-ethyl adjacent to an activating group) is 1. The summed E-state index contributed by atoms with van der Waals surface area (Å²) in [7, 11) is 1.55. The molecule has 64 heavy (non-hydrogen) atoms. The van der Waals surface area contributed by atoms with Crippen LogP contribution in [0, 0.1) is 0 Å². The lowest BCUT2D eigenvalue weighted by Gasteiger charge is -2.25. The predicted octanol–water partition coefficient (Wildman–Crippen LogP) is 15.1. The molecule has 0 fully saturated rings. The van der Waals surface area contributed by atoms with Gasteiger partial charge in [0.25, 0.3) is 0 Å². The molecule has 0 aromatic heterocycles. The van der Waals surface area contributed by atoms with Gasteiger partial charge in [-0.1, -0.05) is 207 Å². The van der Waals surface area contributed by atoms with Gasteiger partial charge in [0.2, 0.25) is 5.91 Å². The summed E-state index contributed by atoms with van der Waals surface area (Å²) in [4.78, 5) is 23.2. The van der Waals surface area contributed by atoms with Crippen molar-refractivity contribution in [3.63, 3.8) is 0 Å². The van der Waals surface area contributed by atoms with Crippen LogP contribution in [0.3, 0.4) is 0 Å². The molecule has 9 heteroatoms. The monoisotopic (exact) mass is 914 g/mol. The van der Waals surface area contributed by atoms with Crippen molar-refractivity contribution in [1.29, 1.82) is 0 Å². The van der Waals surface area contributed by atoms with Crippen LogP contribution in [0.25, 0.3) is 0 Å². The highest BCUT2D eigenvalue weighted by Gasteiger charge is 2.27. The highest BCUT2D eigenvalue weighted by atomic mass is 31.2. The van der Waals surface area contributed by atoms with Gasteiger partial charge in [-0.3, -0.25) is 13.8 Å². The molecule has 0 aliphatic carbocycles. The van der Waals surface area contributed by atoms with E-state index in [4.69, 9.17) is 9.05 Å². The van der Waals surface area contributed by atoms with Crippen molar-refractivity contribution in [2.24, 2.45) is 0 Å². The molecule has 3 unspecified atom stereocenters. The van der Waals surface area contributed by atoms with E-state index < -0.39 is 20.0 Å². The van der Waals surface area contributed by atoms with Crippen LogP contribution in [0.1, 0.15) is 194 Å². The Hall–Kier alpha value is -2.58. The second-order valence-corrected chi connectivity index (χ2v) is 19.6. The third-order valence-electron chi connectivity index (χ3n) is 10.8. The van der Waals surface area contributed by atoms with Crippen LogP contribution in [0.15, 0.2) is 97.2 Å². The number of nitrogens with one attached hydrogen (secondary N) is 1. The zero-order valence-electron chi connectivity index (χ0n) is 41.7. The standard InChI is InChI=1S/C55H97N2O6P/c1-6-8-10-12-14-16-18-20-21-22-23-24-25-26-27-28-29-30-31-32-33-34-35-37-39-41-43-45-47-49-55(59)56-53(52-63-64(60,61)62-51-50-57(3,4)5)54(58)48-46-44-42-40-38-36-19-17-15-13-11-9-7-2/h8,10,14,16,20-21,23-24,26-27,29-30,32-33,46,48,53-54,58H,6-7,9,11-13,15,17-19,22,25,28,31,34-45,47,49-52H2,1-5H3,(H-,56,59,60,61)/p+1/b10-8-,16-14-,21-20-,24-23-,27-26-,30-29-,33-32-,48-46+. The number of aliphatic hydroxyl groups is 1. The van der Waals surface area contributed by atoms with E-state index in [0.717, 1.165) is 96.3 Å². The lowest BCUT2D eigenvalue weighted by Crippen LogP contribution is -2.45. The van der Waals surface area contributed by atoms with Gasteiger partial charge in [-0.05, 0) is 77.0 Å². The summed E-state index contributed by atoms with van der Waals surface area (Å²) in [5.74, 6) is -0.194. The maximum atomic E-state index is 12.9. The van der Waals surface area contributed by atoms with Crippen molar-refractivity contribution >= 4 is 13.7 Å². The summed E-state index contributed by atoms with van der Waals surface area (Å²) in [6.45, 7) is 4.67. The van der Waals surface area contributed by atoms with Crippen molar-refractivity contribution in [3.8, 4) is 0 Å². The van der Waals surface area contributed by atoms with Gasteiger partial charge in [0.1, 0.15) is 13.2 Å². The van der Waals surface area contributed by atoms with Crippen LogP contribution in [-0.2, 0) is 18.4 Å². The Bertz CT molecular complexity index is 1360. The first-order valence-corrected chi connectivity index (χ1v) is 27.1. The van der Waals surface area contributed by atoms with Gasteiger partial charge in [0.05, 0.1) is 39.9 Å². The van der Waals surface area contributed by atoms with Gasteiger partial charge in [0, 0.05) is 6.42 Å². The lowest BCUT2D eigenvalue weighted by molar-refractivity contribution is -0.870. The molecule has 8 nitrogen and oxygen atoms in total. The summed E-state index contributed by atoms with van der Waals surface area (Å²) in [5, 5.41) is 13.8. The van der Waals surface area contributed by atoms with E-state index in [1.54, 1.807) is 6.08 Å². The van der Waals surface area contributed by atoms with E-state index in [-0.39, 0.29) is 19.1 Å². The number of amides is 1. The first-order chi connectivity index (χ1) is 31.0. The quantitative estimate of drug-likeness (QED) is 0.0243. The summed E-state index contributed by atoms with van der Waals surface area (Å²) >= 11 is 0. The minimum Gasteiger partial charge on any atom is -0.387 e. The van der Waals surface area contributed by atoms with Crippen molar-refractivity contribution in [2.45, 2.75) is 206 Å². The number of phosphoric acid groups is 1. The fourth-order valence-electron chi connectivity index (χ4n) is 6.78. The second-order valence-electron chi connectivity index (χ2n) is 18.2. The number of unbranched alkanes of at least 4 members (excludes halogenated alkanes) is 18. The lowest BCUT2D eigenvalue weighted by atomic mass is 10.0. The largest absolute Gasteiger partial charge is 0.472 e. The average molecular weight is 914 g/mol. The third-order valence-corrected chi connectivity index (χ3v) is 11.8. The SMILES string of the molecule is CC/C=C\C/C=C\C/C=C\C/C=C\C/C=C\C/C=C\C/C=C\CCCCCCCCCC(=O)NC(COP(=O)(O)OCC[N+](C)(C)C)C(O)/C=C/CCCCCCCCCCCCC. The van der Waals surface area contributed by atoms with Crippen LogP contribution in [-0.4, -0.2) is 73.4 Å².